The summed E-state index contributed by atoms with van der Waals surface area (Å²) in [5.41, 5.74) is -1.30. The molecular formula is C24H25N3O5S. The summed E-state index contributed by atoms with van der Waals surface area (Å²) in [5, 5.41) is 6.32. The lowest BCUT2D eigenvalue weighted by Gasteiger charge is -2.18. The van der Waals surface area contributed by atoms with Gasteiger partial charge >= 0.3 is 6.03 Å². The highest BCUT2D eigenvalue weighted by molar-refractivity contribution is 7.14. The van der Waals surface area contributed by atoms with E-state index >= 15 is 0 Å². The number of rotatable bonds is 6. The van der Waals surface area contributed by atoms with E-state index in [4.69, 9.17) is 4.42 Å². The third-order valence-corrected chi connectivity index (χ3v) is 6.66. The van der Waals surface area contributed by atoms with Gasteiger partial charge in [0.1, 0.15) is 11.3 Å². The van der Waals surface area contributed by atoms with Crippen LogP contribution in [-0.4, -0.2) is 35.1 Å². The molecule has 1 aliphatic heterocycles. The second-order valence-corrected chi connectivity index (χ2v) is 10.4. The Kier molecular flexibility index (Phi) is 5.61. The fourth-order valence-electron chi connectivity index (χ4n) is 3.51. The molecule has 1 aliphatic rings. The third kappa shape index (κ3) is 4.28. The van der Waals surface area contributed by atoms with Gasteiger partial charge in [0.2, 0.25) is 5.91 Å². The van der Waals surface area contributed by atoms with Crippen LogP contribution in [-0.2, 0) is 21.7 Å². The van der Waals surface area contributed by atoms with Gasteiger partial charge in [0, 0.05) is 15.7 Å². The quantitative estimate of drug-likeness (QED) is 0.423. The predicted molar refractivity (Wildman–Crippen MR) is 124 cm³/mol. The Morgan fingerprint density at radius 3 is 2.58 bits per heavy atom. The molecule has 4 amide bonds. The summed E-state index contributed by atoms with van der Waals surface area (Å²) >= 11 is 1.23. The summed E-state index contributed by atoms with van der Waals surface area (Å²) < 4.78 is 5.81. The number of carbonyl (C=O) groups is 4. The molecule has 1 unspecified atom stereocenters. The first-order valence-electron chi connectivity index (χ1n) is 10.5. The average molecular weight is 468 g/mol. The second kappa shape index (κ2) is 8.15. The van der Waals surface area contributed by atoms with Crippen molar-refractivity contribution >= 4 is 45.9 Å². The number of furan rings is 1. The number of ketones is 1. The minimum Gasteiger partial charge on any atom is -0.458 e. The normalized spacial score (nSPS) is 18.6. The maximum Gasteiger partial charge on any atom is 0.325 e. The monoisotopic (exact) mass is 467 g/mol. The van der Waals surface area contributed by atoms with Crippen molar-refractivity contribution in [3.05, 3.63) is 58.0 Å². The Hall–Kier alpha value is -3.46. The number of benzene rings is 1. The molecule has 8 nitrogen and oxygen atoms in total. The number of thiophene rings is 1. The van der Waals surface area contributed by atoms with Crippen LogP contribution in [0.15, 0.2) is 46.9 Å². The van der Waals surface area contributed by atoms with Crippen molar-refractivity contribution < 1.29 is 23.6 Å². The first-order chi connectivity index (χ1) is 15.5. The van der Waals surface area contributed by atoms with Crippen LogP contribution in [0, 0.1) is 5.41 Å². The molecule has 172 valence electrons. The molecule has 1 atom stereocenters. The number of urea groups is 1. The number of hydrogen-bond donors (Lipinski definition) is 2. The molecule has 1 saturated heterocycles. The number of fused-ring (bicyclic) bond motifs is 1. The number of amides is 4. The van der Waals surface area contributed by atoms with Crippen LogP contribution in [0.1, 0.15) is 48.0 Å². The molecule has 1 aromatic carbocycles. The molecular weight excluding hydrogens is 442 g/mol. The summed E-state index contributed by atoms with van der Waals surface area (Å²) in [6.07, 6.45) is 0. The molecule has 1 fully saturated rings. The van der Waals surface area contributed by atoms with E-state index in [0.717, 1.165) is 15.2 Å². The van der Waals surface area contributed by atoms with E-state index in [1.807, 2.05) is 39.0 Å². The summed E-state index contributed by atoms with van der Waals surface area (Å²) in [6, 6.07) is 11.8. The average Bonchev–Trinajstić information content (AvgIpc) is 3.45. The van der Waals surface area contributed by atoms with Crippen LogP contribution in [0.4, 0.5) is 4.79 Å². The van der Waals surface area contributed by atoms with Crippen LogP contribution in [0.2, 0.25) is 0 Å². The van der Waals surface area contributed by atoms with Crippen LogP contribution >= 0.6 is 11.3 Å². The third-order valence-electron chi connectivity index (χ3n) is 5.54. The van der Waals surface area contributed by atoms with Crippen molar-refractivity contribution in [1.29, 1.82) is 0 Å². The number of hydrogen-bond acceptors (Lipinski definition) is 6. The van der Waals surface area contributed by atoms with Crippen molar-refractivity contribution in [3.8, 4) is 0 Å². The number of nitrogens with zero attached hydrogens (tertiary/aromatic N) is 1. The van der Waals surface area contributed by atoms with Crippen molar-refractivity contribution in [2.75, 3.05) is 6.54 Å². The van der Waals surface area contributed by atoms with E-state index in [1.54, 1.807) is 31.2 Å². The SMILES string of the molecule is CC(C)(C)C(=O)NCc1ccc(C(=O)CN2C(=O)NC(C)(c3cc4ccccc4o3)C2=O)s1. The fourth-order valence-corrected chi connectivity index (χ4v) is 4.39. The molecule has 0 spiro atoms. The molecule has 33 heavy (non-hydrogen) atoms. The minimum absolute atomic E-state index is 0.0898. The molecule has 0 bridgehead atoms. The number of nitrogens with one attached hydrogen (secondary N) is 2. The van der Waals surface area contributed by atoms with Gasteiger partial charge in [-0.3, -0.25) is 19.3 Å². The maximum atomic E-state index is 13.1. The molecule has 2 N–H and O–H groups in total. The highest BCUT2D eigenvalue weighted by atomic mass is 32.1. The Bertz CT molecular complexity index is 1240. The van der Waals surface area contributed by atoms with Gasteiger partial charge in [-0.05, 0) is 31.2 Å². The Labute approximate surface area is 194 Å². The number of para-hydroxylation sites is 1. The highest BCUT2D eigenvalue weighted by Crippen LogP contribution is 2.33. The van der Waals surface area contributed by atoms with Crippen LogP contribution < -0.4 is 10.6 Å². The van der Waals surface area contributed by atoms with Crippen molar-refractivity contribution in [1.82, 2.24) is 15.5 Å². The van der Waals surface area contributed by atoms with Crippen LogP contribution in [0.5, 0.6) is 0 Å². The predicted octanol–water partition coefficient (Wildman–Crippen LogP) is 3.81. The van der Waals surface area contributed by atoms with Gasteiger partial charge in [0.05, 0.1) is 18.0 Å². The van der Waals surface area contributed by atoms with E-state index in [2.05, 4.69) is 10.6 Å². The number of imide groups is 1. The molecule has 0 aliphatic carbocycles. The second-order valence-electron chi connectivity index (χ2n) is 9.22. The van der Waals surface area contributed by atoms with Gasteiger partial charge in [-0.1, -0.05) is 39.0 Å². The molecule has 0 radical (unpaired) electrons. The van der Waals surface area contributed by atoms with Crippen molar-refractivity contribution in [2.24, 2.45) is 5.41 Å². The summed E-state index contributed by atoms with van der Waals surface area (Å²) in [4.78, 5) is 52.7. The number of carbonyl (C=O) groups excluding carboxylic acids is 4. The largest absolute Gasteiger partial charge is 0.458 e. The van der Waals surface area contributed by atoms with Gasteiger partial charge in [-0.15, -0.1) is 11.3 Å². The zero-order chi connectivity index (χ0) is 24.0. The first-order valence-corrected chi connectivity index (χ1v) is 11.3. The molecule has 3 aromatic rings. The molecule has 4 rings (SSSR count). The van der Waals surface area contributed by atoms with Crippen molar-refractivity contribution in [2.45, 2.75) is 39.8 Å². The fraction of sp³-hybridized carbons (Fsp3) is 0.333. The summed E-state index contributed by atoms with van der Waals surface area (Å²) in [5.74, 6) is -0.683. The number of Topliss-reactive ketones (excluding diaryl/α,β-unsaturated/α-hetero) is 1. The van der Waals surface area contributed by atoms with E-state index in [9.17, 15) is 19.2 Å². The zero-order valence-corrected chi connectivity index (χ0v) is 19.7. The van der Waals surface area contributed by atoms with Gasteiger partial charge in [0.15, 0.2) is 11.3 Å². The standard InChI is InChI=1S/C24H25N3O5S/c1-23(2,3)20(29)25-12-15-9-10-18(33-15)16(28)13-27-21(30)24(4,26-22(27)31)19-11-14-7-5-6-8-17(14)32-19/h5-11H,12-13H2,1-4H3,(H,25,29)(H,26,31). The Balaban J connectivity index is 1.45. The topological polar surface area (TPSA) is 109 Å². The molecule has 2 aromatic heterocycles. The van der Waals surface area contributed by atoms with Gasteiger partial charge in [-0.2, -0.15) is 0 Å². The van der Waals surface area contributed by atoms with Crippen LogP contribution in [0.3, 0.4) is 0 Å². The van der Waals surface area contributed by atoms with Gasteiger partial charge in [0.25, 0.3) is 5.91 Å². The molecule has 3 heterocycles. The molecule has 9 heteroatoms. The smallest absolute Gasteiger partial charge is 0.325 e. The minimum atomic E-state index is -1.39. The summed E-state index contributed by atoms with van der Waals surface area (Å²) in [6.45, 7) is 6.96. The zero-order valence-electron chi connectivity index (χ0n) is 18.9. The lowest BCUT2D eigenvalue weighted by molar-refractivity contribution is -0.131. The summed E-state index contributed by atoms with van der Waals surface area (Å²) in [7, 11) is 0. The Morgan fingerprint density at radius 1 is 1.15 bits per heavy atom. The van der Waals surface area contributed by atoms with E-state index in [1.165, 1.54) is 11.3 Å². The Morgan fingerprint density at radius 2 is 1.88 bits per heavy atom. The maximum absolute atomic E-state index is 13.1. The first kappa shape index (κ1) is 22.7. The van der Waals surface area contributed by atoms with Gasteiger partial charge < -0.3 is 15.1 Å². The lowest BCUT2D eigenvalue weighted by Crippen LogP contribution is -2.41. The lowest BCUT2D eigenvalue weighted by atomic mass is 9.96. The van der Waals surface area contributed by atoms with Gasteiger partial charge in [-0.25, -0.2) is 4.79 Å². The highest BCUT2D eigenvalue weighted by Gasteiger charge is 2.51. The van der Waals surface area contributed by atoms with E-state index in [0.29, 0.717) is 22.8 Å². The van der Waals surface area contributed by atoms with Crippen LogP contribution in [0.25, 0.3) is 11.0 Å². The van der Waals surface area contributed by atoms with E-state index < -0.39 is 22.9 Å². The van der Waals surface area contributed by atoms with E-state index in [-0.39, 0.29) is 18.2 Å². The van der Waals surface area contributed by atoms with Crippen molar-refractivity contribution in [3.63, 3.8) is 0 Å². The molecule has 0 saturated carbocycles.